The van der Waals surface area contributed by atoms with Crippen LogP contribution in [0, 0.1) is 0 Å². The number of para-hydroxylation sites is 1. The van der Waals surface area contributed by atoms with E-state index in [1.807, 2.05) is 0 Å². The summed E-state index contributed by atoms with van der Waals surface area (Å²) < 4.78 is 15.2. The first-order valence-corrected chi connectivity index (χ1v) is 8.80. The van der Waals surface area contributed by atoms with Gasteiger partial charge >= 0.3 is 18.0 Å². The van der Waals surface area contributed by atoms with E-state index in [2.05, 4.69) is 10.1 Å². The van der Waals surface area contributed by atoms with Crippen LogP contribution in [0.5, 0.6) is 5.75 Å². The van der Waals surface area contributed by atoms with E-state index in [1.54, 1.807) is 24.3 Å². The van der Waals surface area contributed by atoms with E-state index in [9.17, 15) is 19.2 Å². The second-order valence-electron chi connectivity index (χ2n) is 6.27. The molecule has 1 aromatic carbocycles. The number of carboxylic acid groups (broad SMARTS) is 1. The number of nitrogens with one attached hydrogen (secondary N) is 1. The summed E-state index contributed by atoms with van der Waals surface area (Å²) in [6, 6.07) is 8.69. The minimum absolute atomic E-state index is 0.0150. The molecule has 0 aliphatic carbocycles. The minimum Gasteiger partial charge on any atom is -0.479 e. The summed E-state index contributed by atoms with van der Waals surface area (Å²) in [6.45, 7) is 1.19. The number of methoxy groups -OCH3 is 1. The Morgan fingerprint density at radius 3 is 2.67 bits per heavy atom. The zero-order chi connectivity index (χ0) is 21.8. The Labute approximate surface area is 170 Å². The van der Waals surface area contributed by atoms with Gasteiger partial charge in [0.25, 0.3) is 5.91 Å². The average Bonchev–Trinajstić information content (AvgIpc) is 3.29. The Morgan fingerprint density at radius 2 is 1.97 bits per heavy atom. The van der Waals surface area contributed by atoms with Crippen molar-refractivity contribution in [2.24, 2.45) is 0 Å². The fraction of sp³-hybridized carbons (Fsp3) is 0.200. The first kappa shape index (κ1) is 20.6. The highest BCUT2D eigenvalue weighted by molar-refractivity contribution is 6.14. The van der Waals surface area contributed by atoms with Gasteiger partial charge in [-0.05, 0) is 31.2 Å². The molecule has 1 fully saturated rings. The summed E-state index contributed by atoms with van der Waals surface area (Å²) in [4.78, 5) is 48.3. The van der Waals surface area contributed by atoms with Crippen molar-refractivity contribution in [3.63, 3.8) is 0 Å². The van der Waals surface area contributed by atoms with Crippen molar-refractivity contribution < 1.29 is 38.2 Å². The fourth-order valence-corrected chi connectivity index (χ4v) is 2.65. The van der Waals surface area contributed by atoms with Crippen LogP contribution >= 0.6 is 0 Å². The Balaban J connectivity index is 1.79. The molecular formula is C20H18N2O8. The molecule has 1 aromatic heterocycles. The zero-order valence-corrected chi connectivity index (χ0v) is 16.1. The summed E-state index contributed by atoms with van der Waals surface area (Å²) in [5.41, 5.74) is 0.404. The van der Waals surface area contributed by atoms with Crippen LogP contribution in [-0.4, -0.2) is 47.1 Å². The smallest absolute Gasteiger partial charge is 0.373 e. The van der Waals surface area contributed by atoms with E-state index in [4.69, 9.17) is 14.3 Å². The summed E-state index contributed by atoms with van der Waals surface area (Å²) in [5.74, 6) is -2.01. The number of amides is 3. The number of carbonyl (C=O) groups excluding carboxylic acids is 3. The lowest BCUT2D eigenvalue weighted by Gasteiger charge is -2.13. The molecule has 0 radical (unpaired) electrons. The third kappa shape index (κ3) is 4.32. The second-order valence-corrected chi connectivity index (χ2v) is 6.27. The SMILES string of the molecule is COC(=O)c1ccc(CN2C(=O)N/C(=C\c3ccccc3O[C@H](C)C(=O)O)C2=O)o1. The van der Waals surface area contributed by atoms with Crippen LogP contribution in [0.3, 0.4) is 0 Å². The summed E-state index contributed by atoms with van der Waals surface area (Å²) in [5, 5.41) is 11.5. The quantitative estimate of drug-likeness (QED) is 0.399. The van der Waals surface area contributed by atoms with E-state index in [0.29, 0.717) is 5.56 Å². The Kier molecular flexibility index (Phi) is 5.86. The van der Waals surface area contributed by atoms with Gasteiger partial charge in [0.2, 0.25) is 5.76 Å². The molecule has 10 nitrogen and oxygen atoms in total. The lowest BCUT2D eigenvalue weighted by atomic mass is 10.1. The van der Waals surface area contributed by atoms with Gasteiger partial charge in [-0.2, -0.15) is 0 Å². The third-order valence-electron chi connectivity index (χ3n) is 4.19. The fourth-order valence-electron chi connectivity index (χ4n) is 2.65. The van der Waals surface area contributed by atoms with Gasteiger partial charge in [0.15, 0.2) is 6.10 Å². The number of ether oxygens (including phenoxy) is 2. The first-order chi connectivity index (χ1) is 14.3. The van der Waals surface area contributed by atoms with Gasteiger partial charge in [-0.15, -0.1) is 0 Å². The van der Waals surface area contributed by atoms with E-state index in [1.165, 1.54) is 32.2 Å². The third-order valence-corrected chi connectivity index (χ3v) is 4.19. The van der Waals surface area contributed by atoms with Crippen LogP contribution < -0.4 is 10.1 Å². The highest BCUT2D eigenvalue weighted by Crippen LogP contribution is 2.24. The van der Waals surface area contributed by atoms with Gasteiger partial charge in [0.05, 0.1) is 13.7 Å². The van der Waals surface area contributed by atoms with Crippen molar-refractivity contribution in [3.8, 4) is 5.75 Å². The molecule has 1 saturated heterocycles. The number of rotatable bonds is 7. The maximum atomic E-state index is 12.7. The normalized spacial score (nSPS) is 15.8. The van der Waals surface area contributed by atoms with Crippen LogP contribution in [0.4, 0.5) is 4.79 Å². The Morgan fingerprint density at radius 1 is 1.23 bits per heavy atom. The lowest BCUT2D eigenvalue weighted by Crippen LogP contribution is -2.30. The molecule has 1 atom stereocenters. The molecule has 1 aliphatic rings. The number of nitrogens with zero attached hydrogens (tertiary/aromatic N) is 1. The molecule has 3 rings (SSSR count). The van der Waals surface area contributed by atoms with E-state index < -0.39 is 30.0 Å². The average molecular weight is 414 g/mol. The maximum absolute atomic E-state index is 12.7. The predicted molar refractivity (Wildman–Crippen MR) is 101 cm³/mol. The molecule has 0 saturated carbocycles. The largest absolute Gasteiger partial charge is 0.479 e. The summed E-state index contributed by atoms with van der Waals surface area (Å²) >= 11 is 0. The van der Waals surface area contributed by atoms with Crippen LogP contribution in [-0.2, 0) is 20.9 Å². The van der Waals surface area contributed by atoms with E-state index >= 15 is 0 Å². The monoisotopic (exact) mass is 414 g/mol. The van der Waals surface area contributed by atoms with Crippen molar-refractivity contribution in [1.29, 1.82) is 0 Å². The van der Waals surface area contributed by atoms with Gasteiger partial charge in [-0.3, -0.25) is 9.69 Å². The molecule has 30 heavy (non-hydrogen) atoms. The van der Waals surface area contributed by atoms with Crippen LogP contribution in [0.1, 0.15) is 28.8 Å². The number of carbonyl (C=O) groups is 4. The number of carboxylic acids is 1. The van der Waals surface area contributed by atoms with Crippen LogP contribution in [0.25, 0.3) is 6.08 Å². The first-order valence-electron chi connectivity index (χ1n) is 8.80. The molecule has 3 amide bonds. The zero-order valence-electron chi connectivity index (χ0n) is 16.1. The molecule has 2 N–H and O–H groups in total. The standard InChI is InChI=1S/C20H18N2O8/c1-11(18(24)25)29-15-6-4-3-5-12(15)9-14-17(23)22(20(27)21-14)10-13-7-8-16(30-13)19(26)28-2/h3-9,11H,10H2,1-2H3,(H,21,27)(H,24,25)/b14-9-/t11-/m1/s1. The highest BCUT2D eigenvalue weighted by Gasteiger charge is 2.34. The molecule has 2 heterocycles. The van der Waals surface area contributed by atoms with E-state index in [-0.39, 0.29) is 29.5 Å². The number of benzene rings is 1. The van der Waals surface area contributed by atoms with Gasteiger partial charge in [-0.25, -0.2) is 14.4 Å². The molecule has 156 valence electrons. The molecule has 10 heteroatoms. The predicted octanol–water partition coefficient (Wildman–Crippen LogP) is 2.01. The van der Waals surface area contributed by atoms with Gasteiger partial charge in [0, 0.05) is 5.56 Å². The number of furan rings is 1. The van der Waals surface area contributed by atoms with E-state index in [0.717, 1.165) is 4.90 Å². The maximum Gasteiger partial charge on any atom is 0.373 e. The summed E-state index contributed by atoms with van der Waals surface area (Å²) in [6.07, 6.45) is 0.296. The molecule has 0 bridgehead atoms. The number of esters is 1. The Bertz CT molecular complexity index is 1040. The van der Waals surface area contributed by atoms with Crippen molar-refractivity contribution in [3.05, 3.63) is 59.2 Å². The molecule has 0 spiro atoms. The topological polar surface area (TPSA) is 135 Å². The lowest BCUT2D eigenvalue weighted by molar-refractivity contribution is -0.144. The van der Waals surface area contributed by atoms with Crippen LogP contribution in [0.2, 0.25) is 0 Å². The van der Waals surface area contributed by atoms with Gasteiger partial charge in [-0.1, -0.05) is 18.2 Å². The van der Waals surface area contributed by atoms with Gasteiger partial charge < -0.3 is 24.3 Å². The highest BCUT2D eigenvalue weighted by atomic mass is 16.5. The Hall–Kier alpha value is -4.08. The molecule has 2 aromatic rings. The number of urea groups is 1. The number of aliphatic carboxylic acids is 1. The summed E-state index contributed by atoms with van der Waals surface area (Å²) in [7, 11) is 1.21. The number of hydrogen-bond acceptors (Lipinski definition) is 7. The number of imide groups is 1. The van der Waals surface area contributed by atoms with Crippen molar-refractivity contribution in [1.82, 2.24) is 10.2 Å². The van der Waals surface area contributed by atoms with Gasteiger partial charge in [0.1, 0.15) is 17.2 Å². The number of hydrogen-bond donors (Lipinski definition) is 2. The molecule has 1 aliphatic heterocycles. The second kappa shape index (κ2) is 8.52. The minimum atomic E-state index is -1.14. The van der Waals surface area contributed by atoms with Crippen molar-refractivity contribution in [2.45, 2.75) is 19.6 Å². The van der Waals surface area contributed by atoms with Crippen LogP contribution in [0.15, 0.2) is 46.5 Å². The van der Waals surface area contributed by atoms with Crippen molar-refractivity contribution in [2.75, 3.05) is 7.11 Å². The molecule has 0 unspecified atom stereocenters. The van der Waals surface area contributed by atoms with Crippen molar-refractivity contribution >= 4 is 30.0 Å². The molecular weight excluding hydrogens is 396 g/mol.